The lowest BCUT2D eigenvalue weighted by atomic mass is 10.1. The van der Waals surface area contributed by atoms with E-state index in [0.29, 0.717) is 5.56 Å². The Bertz CT molecular complexity index is 653. The van der Waals surface area contributed by atoms with E-state index in [0.717, 1.165) is 7.11 Å². The minimum atomic E-state index is -1.16. The topological polar surface area (TPSA) is 105 Å². The molecule has 1 aromatic carbocycles. The summed E-state index contributed by atoms with van der Waals surface area (Å²) in [5.74, 6) is -1.93. The molecule has 1 atom stereocenters. The summed E-state index contributed by atoms with van der Waals surface area (Å²) in [6.07, 6.45) is -0.341. The third-order valence-corrected chi connectivity index (χ3v) is 2.86. The molecule has 0 fully saturated rings. The molecule has 0 aliphatic rings. The number of hydrogen-bond acceptors (Lipinski definition) is 6. The van der Waals surface area contributed by atoms with Gasteiger partial charge in [0.1, 0.15) is 11.6 Å². The van der Waals surface area contributed by atoms with Gasteiger partial charge in [0, 0.05) is 5.56 Å². The summed E-state index contributed by atoms with van der Waals surface area (Å²) < 4.78 is 9.76. The molecule has 0 bridgehead atoms. The molecule has 0 saturated heterocycles. The summed E-state index contributed by atoms with van der Waals surface area (Å²) >= 11 is 0. The quantitative estimate of drug-likeness (QED) is 0.820. The number of benzene rings is 1. The summed E-state index contributed by atoms with van der Waals surface area (Å²) in [6.45, 7) is 5.11. The Morgan fingerprint density at radius 3 is 2.25 bits per heavy atom. The van der Waals surface area contributed by atoms with Gasteiger partial charge >= 0.3 is 11.9 Å². The van der Waals surface area contributed by atoms with Gasteiger partial charge in [0.15, 0.2) is 0 Å². The van der Waals surface area contributed by atoms with Crippen LogP contribution in [0, 0.1) is 11.3 Å². The number of esters is 2. The predicted octanol–water partition coefficient (Wildman–Crippen LogP) is 1.56. The molecular formula is C17H20N2O5. The molecule has 128 valence electrons. The number of carbonyl (C=O) groups is 3. The Morgan fingerprint density at radius 1 is 1.21 bits per heavy atom. The molecule has 0 aliphatic heterocycles. The van der Waals surface area contributed by atoms with Gasteiger partial charge in [-0.2, -0.15) is 5.26 Å². The smallest absolute Gasteiger partial charge is 0.328 e. The highest BCUT2D eigenvalue weighted by atomic mass is 16.6. The van der Waals surface area contributed by atoms with E-state index in [9.17, 15) is 14.4 Å². The van der Waals surface area contributed by atoms with Gasteiger partial charge in [0.25, 0.3) is 5.91 Å². The normalized spacial score (nSPS) is 11.8. The van der Waals surface area contributed by atoms with Crippen LogP contribution < -0.4 is 5.32 Å². The average molecular weight is 332 g/mol. The number of carbonyl (C=O) groups excluding carboxylic acids is 3. The highest BCUT2D eigenvalue weighted by Crippen LogP contribution is 2.11. The lowest BCUT2D eigenvalue weighted by Crippen LogP contribution is -2.43. The molecule has 0 saturated carbocycles. The standard InChI is InChI=1S/C17H20N2O5/c1-17(2,3)24-14(20)9-13(16(22)23-4)19-15(21)12-7-5-11(10-18)6-8-12/h5-8,13H,9H2,1-4H3,(H,19,21)/t13-/m0/s1. The minimum Gasteiger partial charge on any atom is -0.467 e. The second kappa shape index (κ2) is 8.11. The molecule has 7 heteroatoms. The van der Waals surface area contributed by atoms with Crippen molar-refractivity contribution in [3.8, 4) is 6.07 Å². The van der Waals surface area contributed by atoms with Gasteiger partial charge in [0.05, 0.1) is 25.2 Å². The lowest BCUT2D eigenvalue weighted by Gasteiger charge is -2.22. The predicted molar refractivity (Wildman–Crippen MR) is 84.9 cm³/mol. The number of ether oxygens (including phenoxy) is 2. The molecule has 1 N–H and O–H groups in total. The molecule has 0 spiro atoms. The number of methoxy groups -OCH3 is 1. The van der Waals surface area contributed by atoms with Crippen molar-refractivity contribution in [1.82, 2.24) is 5.32 Å². The van der Waals surface area contributed by atoms with Crippen molar-refractivity contribution in [2.24, 2.45) is 0 Å². The molecule has 0 heterocycles. The highest BCUT2D eigenvalue weighted by Gasteiger charge is 2.28. The average Bonchev–Trinajstić information content (AvgIpc) is 2.51. The number of nitrogens with one attached hydrogen (secondary N) is 1. The summed E-state index contributed by atoms with van der Waals surface area (Å²) in [5, 5.41) is 11.2. The maximum Gasteiger partial charge on any atom is 0.328 e. The van der Waals surface area contributed by atoms with Crippen LogP contribution in [-0.2, 0) is 19.1 Å². The molecule has 1 aromatic rings. The van der Waals surface area contributed by atoms with Gasteiger partial charge < -0.3 is 14.8 Å². The monoisotopic (exact) mass is 332 g/mol. The van der Waals surface area contributed by atoms with E-state index < -0.39 is 29.5 Å². The molecule has 0 unspecified atom stereocenters. The molecule has 1 rings (SSSR count). The van der Waals surface area contributed by atoms with Gasteiger partial charge in [0.2, 0.25) is 0 Å². The zero-order chi connectivity index (χ0) is 18.3. The Labute approximate surface area is 140 Å². The van der Waals surface area contributed by atoms with E-state index >= 15 is 0 Å². The number of nitrogens with zero attached hydrogens (tertiary/aromatic N) is 1. The van der Waals surface area contributed by atoms with Crippen molar-refractivity contribution in [2.45, 2.75) is 38.8 Å². The van der Waals surface area contributed by atoms with Gasteiger partial charge in [-0.15, -0.1) is 0 Å². The SMILES string of the molecule is COC(=O)[C@H](CC(=O)OC(C)(C)C)NC(=O)c1ccc(C#N)cc1. The first kappa shape index (κ1) is 19.2. The van der Waals surface area contributed by atoms with Crippen LogP contribution in [0.4, 0.5) is 0 Å². The Kier molecular flexibility index (Phi) is 6.48. The Balaban J connectivity index is 2.81. The van der Waals surface area contributed by atoms with Crippen LogP contribution in [0.15, 0.2) is 24.3 Å². The van der Waals surface area contributed by atoms with Gasteiger partial charge in [-0.1, -0.05) is 0 Å². The molecular weight excluding hydrogens is 312 g/mol. The molecule has 0 radical (unpaired) electrons. The van der Waals surface area contributed by atoms with Crippen LogP contribution in [0.25, 0.3) is 0 Å². The fraction of sp³-hybridized carbons (Fsp3) is 0.412. The van der Waals surface area contributed by atoms with Gasteiger partial charge in [-0.3, -0.25) is 9.59 Å². The molecule has 1 amide bonds. The van der Waals surface area contributed by atoms with Crippen molar-refractivity contribution in [3.63, 3.8) is 0 Å². The summed E-state index contributed by atoms with van der Waals surface area (Å²) in [5.41, 5.74) is -0.0357. The van der Waals surface area contributed by atoms with Crippen molar-refractivity contribution >= 4 is 17.8 Å². The Morgan fingerprint density at radius 2 is 1.79 bits per heavy atom. The van der Waals surface area contributed by atoms with Crippen molar-refractivity contribution in [1.29, 1.82) is 5.26 Å². The zero-order valence-electron chi connectivity index (χ0n) is 14.1. The number of rotatable bonds is 5. The number of nitriles is 1. The second-order valence-corrected chi connectivity index (χ2v) is 6.03. The third-order valence-electron chi connectivity index (χ3n) is 2.86. The first-order valence-electron chi connectivity index (χ1n) is 7.27. The third kappa shape index (κ3) is 6.08. The van der Waals surface area contributed by atoms with E-state index in [4.69, 9.17) is 10.00 Å². The van der Waals surface area contributed by atoms with E-state index in [1.54, 1.807) is 20.8 Å². The fourth-order valence-corrected chi connectivity index (χ4v) is 1.82. The van der Waals surface area contributed by atoms with Crippen molar-refractivity contribution < 1.29 is 23.9 Å². The summed E-state index contributed by atoms with van der Waals surface area (Å²) in [7, 11) is 1.16. The van der Waals surface area contributed by atoms with Crippen LogP contribution >= 0.6 is 0 Å². The largest absolute Gasteiger partial charge is 0.467 e. The van der Waals surface area contributed by atoms with Crippen LogP contribution in [0.5, 0.6) is 0 Å². The molecule has 0 aliphatic carbocycles. The van der Waals surface area contributed by atoms with E-state index in [1.165, 1.54) is 24.3 Å². The first-order valence-corrected chi connectivity index (χ1v) is 7.27. The van der Waals surface area contributed by atoms with Gasteiger partial charge in [-0.25, -0.2) is 4.79 Å². The first-order chi connectivity index (χ1) is 11.2. The van der Waals surface area contributed by atoms with Gasteiger partial charge in [-0.05, 0) is 45.0 Å². The summed E-state index contributed by atoms with van der Waals surface area (Å²) in [6, 6.07) is 6.66. The van der Waals surface area contributed by atoms with Crippen molar-refractivity contribution in [3.05, 3.63) is 35.4 Å². The summed E-state index contributed by atoms with van der Waals surface area (Å²) in [4.78, 5) is 35.9. The molecule has 0 aromatic heterocycles. The maximum atomic E-state index is 12.2. The highest BCUT2D eigenvalue weighted by molar-refractivity contribution is 5.97. The maximum absolute atomic E-state index is 12.2. The van der Waals surface area contributed by atoms with E-state index in [-0.39, 0.29) is 12.0 Å². The Hall–Kier alpha value is -2.88. The molecule has 24 heavy (non-hydrogen) atoms. The van der Waals surface area contributed by atoms with E-state index in [2.05, 4.69) is 10.1 Å². The van der Waals surface area contributed by atoms with E-state index in [1.807, 2.05) is 6.07 Å². The van der Waals surface area contributed by atoms with Crippen LogP contribution in [0.1, 0.15) is 43.1 Å². The van der Waals surface area contributed by atoms with Crippen LogP contribution in [-0.4, -0.2) is 36.6 Å². The number of hydrogen-bond donors (Lipinski definition) is 1. The molecule has 7 nitrogen and oxygen atoms in total. The zero-order valence-corrected chi connectivity index (χ0v) is 14.1. The van der Waals surface area contributed by atoms with Crippen LogP contribution in [0.2, 0.25) is 0 Å². The number of amides is 1. The van der Waals surface area contributed by atoms with Crippen LogP contribution in [0.3, 0.4) is 0 Å². The lowest BCUT2D eigenvalue weighted by molar-refractivity contribution is -0.158. The minimum absolute atomic E-state index is 0.257. The van der Waals surface area contributed by atoms with Crippen molar-refractivity contribution in [2.75, 3.05) is 7.11 Å². The second-order valence-electron chi connectivity index (χ2n) is 6.03. The fourth-order valence-electron chi connectivity index (χ4n) is 1.82.